The van der Waals surface area contributed by atoms with Gasteiger partial charge in [-0.1, -0.05) is 36.4 Å². The lowest BCUT2D eigenvalue weighted by atomic mass is 9.99. The number of benzene rings is 3. The summed E-state index contributed by atoms with van der Waals surface area (Å²) in [6.07, 6.45) is -4.97. The van der Waals surface area contributed by atoms with Crippen LogP contribution >= 0.6 is 0 Å². The van der Waals surface area contributed by atoms with Crippen molar-refractivity contribution in [1.29, 1.82) is 0 Å². The molecule has 1 saturated heterocycles. The maximum Gasteiger partial charge on any atom is 0.450 e. The van der Waals surface area contributed by atoms with E-state index in [1.807, 2.05) is 23.1 Å². The number of fused-ring (bicyclic) bond motifs is 1. The molecule has 0 spiro atoms. The first-order chi connectivity index (χ1) is 19.2. The third kappa shape index (κ3) is 5.50. The van der Waals surface area contributed by atoms with Crippen LogP contribution in [0.5, 0.6) is 17.2 Å². The zero-order valence-corrected chi connectivity index (χ0v) is 22.1. The normalized spacial score (nSPS) is 14.9. The fourth-order valence-electron chi connectivity index (χ4n) is 5.08. The van der Waals surface area contributed by atoms with Gasteiger partial charge in [-0.2, -0.15) is 13.2 Å². The molecule has 40 heavy (non-hydrogen) atoms. The number of ether oxygens (including phenoxy) is 2. The van der Waals surface area contributed by atoms with Crippen LogP contribution in [0.25, 0.3) is 22.1 Å². The number of aromatic hydroxyl groups is 1. The van der Waals surface area contributed by atoms with E-state index >= 15 is 0 Å². The van der Waals surface area contributed by atoms with E-state index in [9.17, 15) is 23.1 Å². The highest BCUT2D eigenvalue weighted by Gasteiger charge is 2.40. The molecule has 0 amide bonds. The molecule has 0 radical (unpaired) electrons. The first-order valence-electron chi connectivity index (χ1n) is 12.8. The molecule has 1 aliphatic heterocycles. The molecule has 0 aliphatic carbocycles. The van der Waals surface area contributed by atoms with Crippen LogP contribution in [0.1, 0.15) is 16.9 Å². The summed E-state index contributed by atoms with van der Waals surface area (Å²) in [5.74, 6) is -1.18. The second-order valence-electron chi connectivity index (χ2n) is 9.68. The molecule has 1 fully saturated rings. The Morgan fingerprint density at radius 2 is 1.52 bits per heavy atom. The number of hydrogen-bond acceptors (Lipinski definition) is 7. The molecule has 1 N–H and O–H groups in total. The van der Waals surface area contributed by atoms with Crippen LogP contribution in [0.2, 0.25) is 0 Å². The molecule has 210 valence electrons. The third-order valence-corrected chi connectivity index (χ3v) is 7.16. The summed E-state index contributed by atoms with van der Waals surface area (Å²) in [6.45, 7) is 3.73. The third-order valence-electron chi connectivity index (χ3n) is 7.16. The van der Waals surface area contributed by atoms with Crippen molar-refractivity contribution in [2.24, 2.45) is 0 Å². The number of halogens is 3. The standard InChI is InChI=1S/C30H29F3N2O5/c1-38-24-11-8-20(16-25(24)39-2)26-27(37)21-9-10-23(36)22(28(21)40-29(26)30(31,32)33)18-35-14-12-34(13-15-35)17-19-6-4-3-5-7-19/h3-11,16,36H,12-15,17-18H2,1-2H3. The summed E-state index contributed by atoms with van der Waals surface area (Å²) in [7, 11) is 2.76. The minimum Gasteiger partial charge on any atom is -0.507 e. The molecule has 0 atom stereocenters. The van der Waals surface area contributed by atoms with Crippen molar-refractivity contribution in [1.82, 2.24) is 9.80 Å². The Hall–Kier alpha value is -4.02. The Bertz CT molecular complexity index is 1560. The van der Waals surface area contributed by atoms with Gasteiger partial charge in [-0.25, -0.2) is 0 Å². The van der Waals surface area contributed by atoms with E-state index in [0.29, 0.717) is 18.8 Å². The lowest BCUT2D eigenvalue weighted by Gasteiger charge is -2.34. The Kier molecular flexibility index (Phi) is 7.73. The average molecular weight is 555 g/mol. The van der Waals surface area contributed by atoms with Crippen molar-refractivity contribution in [2.45, 2.75) is 19.3 Å². The molecule has 0 unspecified atom stereocenters. The van der Waals surface area contributed by atoms with Gasteiger partial charge in [0.05, 0.1) is 30.7 Å². The van der Waals surface area contributed by atoms with Crippen LogP contribution in [0.4, 0.5) is 13.2 Å². The van der Waals surface area contributed by atoms with Gasteiger partial charge in [-0.3, -0.25) is 14.6 Å². The van der Waals surface area contributed by atoms with E-state index in [1.165, 1.54) is 50.1 Å². The highest BCUT2D eigenvalue weighted by Crippen LogP contribution is 2.41. The Balaban J connectivity index is 1.50. The smallest absolute Gasteiger partial charge is 0.450 e. The van der Waals surface area contributed by atoms with Crippen molar-refractivity contribution < 1.29 is 32.2 Å². The minimum atomic E-state index is -4.97. The maximum absolute atomic E-state index is 14.3. The van der Waals surface area contributed by atoms with Gasteiger partial charge < -0.3 is 19.0 Å². The SMILES string of the molecule is COc1ccc(-c2c(C(F)(F)F)oc3c(CN4CCN(Cc5ccccc5)CC4)c(O)ccc3c2=O)cc1OC. The number of nitrogens with zero attached hydrogens (tertiary/aromatic N) is 2. The molecular weight excluding hydrogens is 525 g/mol. The van der Waals surface area contributed by atoms with E-state index in [1.54, 1.807) is 0 Å². The van der Waals surface area contributed by atoms with Gasteiger partial charge in [0, 0.05) is 39.3 Å². The number of piperazine rings is 1. The van der Waals surface area contributed by atoms with Gasteiger partial charge in [-0.15, -0.1) is 0 Å². The monoisotopic (exact) mass is 554 g/mol. The summed E-state index contributed by atoms with van der Waals surface area (Å²) in [6, 6.07) is 16.8. The van der Waals surface area contributed by atoms with Crippen molar-refractivity contribution in [2.75, 3.05) is 40.4 Å². The minimum absolute atomic E-state index is 0.0233. The van der Waals surface area contributed by atoms with Gasteiger partial charge in [0.15, 0.2) is 11.5 Å². The molecule has 1 aromatic heterocycles. The van der Waals surface area contributed by atoms with Crippen LogP contribution in [0.15, 0.2) is 69.9 Å². The fourth-order valence-corrected chi connectivity index (χ4v) is 5.08. The van der Waals surface area contributed by atoms with Crippen LogP contribution in [0, 0.1) is 0 Å². The first kappa shape index (κ1) is 27.5. The van der Waals surface area contributed by atoms with Crippen LogP contribution in [-0.2, 0) is 19.3 Å². The molecule has 7 nitrogen and oxygen atoms in total. The molecule has 0 saturated carbocycles. The molecule has 4 aromatic rings. The van der Waals surface area contributed by atoms with Gasteiger partial charge in [0.25, 0.3) is 0 Å². The van der Waals surface area contributed by atoms with Crippen LogP contribution in [-0.4, -0.2) is 55.3 Å². The van der Waals surface area contributed by atoms with Crippen molar-refractivity contribution >= 4 is 11.0 Å². The molecule has 1 aliphatic rings. The van der Waals surface area contributed by atoms with E-state index in [2.05, 4.69) is 17.0 Å². The molecule has 3 aromatic carbocycles. The molecular formula is C30H29F3N2O5. The van der Waals surface area contributed by atoms with Gasteiger partial charge in [0.1, 0.15) is 11.3 Å². The van der Waals surface area contributed by atoms with E-state index in [0.717, 1.165) is 19.6 Å². The topological polar surface area (TPSA) is 75.4 Å². The van der Waals surface area contributed by atoms with E-state index < -0.39 is 22.9 Å². The lowest BCUT2D eigenvalue weighted by Crippen LogP contribution is -2.45. The van der Waals surface area contributed by atoms with Gasteiger partial charge in [0.2, 0.25) is 11.2 Å². The predicted octanol–water partition coefficient (Wildman–Crippen LogP) is 5.52. The first-order valence-corrected chi connectivity index (χ1v) is 12.8. The zero-order chi connectivity index (χ0) is 28.4. The van der Waals surface area contributed by atoms with Crippen molar-refractivity contribution in [3.63, 3.8) is 0 Å². The molecule has 2 heterocycles. The average Bonchev–Trinajstić information content (AvgIpc) is 2.95. The maximum atomic E-state index is 14.3. The Labute approximate surface area is 229 Å². The molecule has 5 rings (SSSR count). The quantitative estimate of drug-likeness (QED) is 0.323. The number of rotatable bonds is 7. The summed E-state index contributed by atoms with van der Waals surface area (Å²) in [4.78, 5) is 17.9. The van der Waals surface area contributed by atoms with Crippen LogP contribution < -0.4 is 14.9 Å². The highest BCUT2D eigenvalue weighted by atomic mass is 19.4. The van der Waals surface area contributed by atoms with Crippen molar-refractivity contribution in [3.8, 4) is 28.4 Å². The number of phenolic OH excluding ortho intramolecular Hbond substituents is 1. The summed E-state index contributed by atoms with van der Waals surface area (Å²) in [5.41, 5.74) is -0.426. The van der Waals surface area contributed by atoms with Gasteiger partial charge >= 0.3 is 6.18 Å². The number of phenols is 1. The zero-order valence-electron chi connectivity index (χ0n) is 22.1. The Morgan fingerprint density at radius 1 is 0.875 bits per heavy atom. The predicted molar refractivity (Wildman–Crippen MR) is 145 cm³/mol. The summed E-state index contributed by atoms with van der Waals surface area (Å²) >= 11 is 0. The van der Waals surface area contributed by atoms with E-state index in [-0.39, 0.29) is 40.1 Å². The van der Waals surface area contributed by atoms with E-state index in [4.69, 9.17) is 13.9 Å². The largest absolute Gasteiger partial charge is 0.507 e. The number of alkyl halides is 3. The second-order valence-corrected chi connectivity index (χ2v) is 9.68. The van der Waals surface area contributed by atoms with Crippen LogP contribution in [0.3, 0.4) is 0 Å². The molecule has 10 heteroatoms. The summed E-state index contributed by atoms with van der Waals surface area (Å²) < 4.78 is 58.8. The Morgan fingerprint density at radius 3 is 2.15 bits per heavy atom. The van der Waals surface area contributed by atoms with Crippen molar-refractivity contribution in [3.05, 3.63) is 87.8 Å². The number of methoxy groups -OCH3 is 2. The fraction of sp³-hybridized carbons (Fsp3) is 0.300. The molecule has 0 bridgehead atoms. The number of hydrogen-bond donors (Lipinski definition) is 1. The lowest BCUT2D eigenvalue weighted by molar-refractivity contribution is -0.152. The second kappa shape index (κ2) is 11.2. The van der Waals surface area contributed by atoms with Gasteiger partial charge in [-0.05, 0) is 35.4 Å². The summed E-state index contributed by atoms with van der Waals surface area (Å²) in [5, 5.41) is 10.6. The highest BCUT2D eigenvalue weighted by molar-refractivity contribution is 5.87.